The summed E-state index contributed by atoms with van der Waals surface area (Å²) >= 11 is 5.92. The van der Waals surface area contributed by atoms with E-state index in [1.807, 2.05) is 18.2 Å². The number of rotatable bonds is 5. The van der Waals surface area contributed by atoms with Crippen molar-refractivity contribution in [1.29, 1.82) is 0 Å². The van der Waals surface area contributed by atoms with Crippen molar-refractivity contribution in [2.24, 2.45) is 4.99 Å². The smallest absolute Gasteiger partial charge is 0.246 e. The predicted octanol–water partition coefficient (Wildman–Crippen LogP) is 2.89. The average Bonchev–Trinajstić information content (AvgIpc) is 3.42. The van der Waals surface area contributed by atoms with Crippen molar-refractivity contribution < 1.29 is 9.05 Å². The maximum Gasteiger partial charge on any atom is 0.246 e. The summed E-state index contributed by atoms with van der Waals surface area (Å²) < 4.78 is 10.3. The summed E-state index contributed by atoms with van der Waals surface area (Å²) in [4.78, 5) is 13.4. The number of benzene rings is 1. The quantitative estimate of drug-likeness (QED) is 0.298. The molecule has 3 heterocycles. The third-order valence-electron chi connectivity index (χ3n) is 4.73. The molecule has 0 bridgehead atoms. The van der Waals surface area contributed by atoms with Gasteiger partial charge in [0.2, 0.25) is 11.7 Å². The first-order valence-corrected chi connectivity index (χ1v) is 9.75. The Balaban J connectivity index is 0.00000256. The van der Waals surface area contributed by atoms with Crippen LogP contribution in [0.25, 0.3) is 11.4 Å². The van der Waals surface area contributed by atoms with E-state index in [-0.39, 0.29) is 24.0 Å². The first-order chi connectivity index (χ1) is 14.2. The average molecular weight is 544 g/mol. The van der Waals surface area contributed by atoms with Gasteiger partial charge in [-0.2, -0.15) is 4.98 Å². The van der Waals surface area contributed by atoms with Crippen LogP contribution in [0.5, 0.6) is 0 Å². The van der Waals surface area contributed by atoms with E-state index in [0.29, 0.717) is 23.3 Å². The van der Waals surface area contributed by atoms with Crippen molar-refractivity contribution in [2.75, 3.05) is 33.2 Å². The molecule has 9 nitrogen and oxygen atoms in total. The summed E-state index contributed by atoms with van der Waals surface area (Å²) in [5, 5.41) is 12.0. The molecule has 30 heavy (non-hydrogen) atoms. The molecule has 0 unspecified atom stereocenters. The number of nitrogens with one attached hydrogen (secondary N) is 1. The Morgan fingerprint density at radius 3 is 2.57 bits per heavy atom. The van der Waals surface area contributed by atoms with Gasteiger partial charge in [-0.15, -0.1) is 24.0 Å². The van der Waals surface area contributed by atoms with Crippen molar-refractivity contribution in [3.05, 3.63) is 53.2 Å². The number of halogens is 2. The largest absolute Gasteiger partial charge is 0.364 e. The van der Waals surface area contributed by atoms with Crippen molar-refractivity contribution in [3.8, 4) is 11.4 Å². The molecule has 3 aromatic rings. The molecule has 0 radical (unpaired) electrons. The molecule has 160 valence electrons. The molecule has 1 saturated heterocycles. The molecular formula is C19H23ClIN7O2. The van der Waals surface area contributed by atoms with Gasteiger partial charge in [0.05, 0.1) is 12.2 Å². The summed E-state index contributed by atoms with van der Waals surface area (Å²) in [7, 11) is 1.77. The molecule has 0 spiro atoms. The summed E-state index contributed by atoms with van der Waals surface area (Å²) in [6, 6.07) is 9.23. The first-order valence-electron chi connectivity index (χ1n) is 9.37. The number of piperazine rings is 1. The van der Waals surface area contributed by atoms with Crippen LogP contribution in [0.2, 0.25) is 5.02 Å². The van der Waals surface area contributed by atoms with Gasteiger partial charge < -0.3 is 19.3 Å². The minimum absolute atomic E-state index is 0. The van der Waals surface area contributed by atoms with Crippen molar-refractivity contribution >= 4 is 41.5 Å². The van der Waals surface area contributed by atoms with Gasteiger partial charge in [-0.05, 0) is 24.3 Å². The molecule has 11 heteroatoms. The Labute approximate surface area is 196 Å². The zero-order valence-electron chi connectivity index (χ0n) is 16.5. The molecule has 0 amide bonds. The maximum absolute atomic E-state index is 5.92. The number of hydrogen-bond donors (Lipinski definition) is 1. The second-order valence-corrected chi connectivity index (χ2v) is 7.11. The van der Waals surface area contributed by atoms with Crippen LogP contribution in [-0.4, -0.2) is 64.3 Å². The van der Waals surface area contributed by atoms with E-state index < -0.39 is 0 Å². The predicted molar refractivity (Wildman–Crippen MR) is 124 cm³/mol. The van der Waals surface area contributed by atoms with E-state index in [9.17, 15) is 0 Å². The number of guanidine groups is 1. The molecule has 1 aliphatic heterocycles. The monoisotopic (exact) mass is 543 g/mol. The van der Waals surface area contributed by atoms with Crippen LogP contribution in [0.1, 0.15) is 11.6 Å². The molecule has 1 aromatic carbocycles. The van der Waals surface area contributed by atoms with Crippen molar-refractivity contribution in [3.63, 3.8) is 0 Å². The molecule has 2 aromatic heterocycles. The van der Waals surface area contributed by atoms with Crippen LogP contribution in [0.15, 0.2) is 50.6 Å². The van der Waals surface area contributed by atoms with Crippen molar-refractivity contribution in [1.82, 2.24) is 30.4 Å². The Morgan fingerprint density at radius 2 is 1.90 bits per heavy atom. The van der Waals surface area contributed by atoms with E-state index >= 15 is 0 Å². The molecule has 1 fully saturated rings. The van der Waals surface area contributed by atoms with Crippen LogP contribution >= 0.6 is 35.6 Å². The third kappa shape index (κ3) is 5.70. The number of hydrogen-bond acceptors (Lipinski definition) is 7. The SMILES string of the molecule is CN=C(NCc1nc(-c2ccc(Cl)cc2)no1)N1CCN(Cc2ccon2)CC1.I. The molecule has 1 N–H and O–H groups in total. The van der Waals surface area contributed by atoms with Gasteiger partial charge >= 0.3 is 0 Å². The molecule has 0 aliphatic carbocycles. The lowest BCUT2D eigenvalue weighted by Gasteiger charge is -2.36. The number of aliphatic imine (C=N–C) groups is 1. The van der Waals surface area contributed by atoms with E-state index in [1.54, 1.807) is 25.4 Å². The van der Waals surface area contributed by atoms with E-state index in [4.69, 9.17) is 20.6 Å². The highest BCUT2D eigenvalue weighted by Crippen LogP contribution is 2.18. The molecule has 0 saturated carbocycles. The fraction of sp³-hybridized carbons (Fsp3) is 0.368. The summed E-state index contributed by atoms with van der Waals surface area (Å²) in [6.07, 6.45) is 1.60. The second kappa shape index (κ2) is 10.7. The highest BCUT2D eigenvalue weighted by molar-refractivity contribution is 14.0. The Morgan fingerprint density at radius 1 is 1.13 bits per heavy atom. The van der Waals surface area contributed by atoms with Gasteiger partial charge in [0.25, 0.3) is 0 Å². The van der Waals surface area contributed by atoms with Gasteiger partial charge in [0.1, 0.15) is 6.26 Å². The van der Waals surface area contributed by atoms with Crippen LogP contribution in [0.3, 0.4) is 0 Å². The lowest BCUT2D eigenvalue weighted by Crippen LogP contribution is -2.52. The van der Waals surface area contributed by atoms with E-state index in [2.05, 4.69) is 35.4 Å². The minimum Gasteiger partial charge on any atom is -0.364 e. The van der Waals surface area contributed by atoms with Gasteiger partial charge in [0.15, 0.2) is 5.96 Å². The summed E-state index contributed by atoms with van der Waals surface area (Å²) in [5.41, 5.74) is 1.81. The first kappa shape index (κ1) is 22.5. The molecule has 1 aliphatic rings. The van der Waals surface area contributed by atoms with Crippen LogP contribution < -0.4 is 5.32 Å². The van der Waals surface area contributed by atoms with E-state index in [0.717, 1.165) is 49.9 Å². The van der Waals surface area contributed by atoms with Crippen LogP contribution in [0.4, 0.5) is 0 Å². The minimum atomic E-state index is 0. The molecule has 4 rings (SSSR count). The zero-order chi connectivity index (χ0) is 20.1. The lowest BCUT2D eigenvalue weighted by atomic mass is 10.2. The van der Waals surface area contributed by atoms with Crippen molar-refractivity contribution in [2.45, 2.75) is 13.1 Å². The fourth-order valence-corrected chi connectivity index (χ4v) is 3.32. The molecule has 0 atom stereocenters. The Bertz CT molecular complexity index is 938. The second-order valence-electron chi connectivity index (χ2n) is 6.67. The number of nitrogens with zero attached hydrogens (tertiary/aromatic N) is 6. The summed E-state index contributed by atoms with van der Waals surface area (Å²) in [6.45, 7) is 4.80. The standard InChI is InChI=1S/C19H22ClN7O2.HI/c1-21-19(27-9-7-26(8-10-27)13-16-6-11-28-24-16)22-12-17-23-18(25-29-17)14-2-4-15(20)5-3-14;/h2-6,11H,7-10,12-13H2,1H3,(H,21,22);1H. The molecular weight excluding hydrogens is 521 g/mol. The summed E-state index contributed by atoms with van der Waals surface area (Å²) in [5.74, 6) is 1.85. The third-order valence-corrected chi connectivity index (χ3v) is 4.98. The van der Waals surface area contributed by atoms with Crippen LogP contribution in [-0.2, 0) is 13.1 Å². The zero-order valence-corrected chi connectivity index (χ0v) is 19.6. The lowest BCUT2D eigenvalue weighted by molar-refractivity contribution is 0.168. The van der Waals surface area contributed by atoms with Gasteiger partial charge in [-0.25, -0.2) is 0 Å². The van der Waals surface area contributed by atoms with Crippen LogP contribution in [0, 0.1) is 0 Å². The van der Waals surface area contributed by atoms with Gasteiger partial charge in [-0.1, -0.05) is 21.9 Å². The van der Waals surface area contributed by atoms with Gasteiger partial charge in [0, 0.05) is 56.4 Å². The topological polar surface area (TPSA) is 95.8 Å². The maximum atomic E-state index is 5.92. The normalized spacial score (nSPS) is 15.1. The number of aromatic nitrogens is 3. The van der Waals surface area contributed by atoms with E-state index in [1.165, 1.54) is 0 Å². The fourth-order valence-electron chi connectivity index (χ4n) is 3.20. The highest BCUT2D eigenvalue weighted by Gasteiger charge is 2.20. The Kier molecular flexibility index (Phi) is 8.05. The highest BCUT2D eigenvalue weighted by atomic mass is 127. The van der Waals surface area contributed by atoms with Gasteiger partial charge in [-0.3, -0.25) is 9.89 Å². The Hall–Kier alpha value is -2.18.